The Morgan fingerprint density at radius 2 is 2.00 bits per heavy atom. The van der Waals surface area contributed by atoms with Gasteiger partial charge in [0.2, 0.25) is 0 Å². The van der Waals surface area contributed by atoms with Gasteiger partial charge in [-0.15, -0.1) is 0 Å². The van der Waals surface area contributed by atoms with Crippen molar-refractivity contribution in [2.24, 2.45) is 0 Å². The highest BCUT2D eigenvalue weighted by Gasteiger charge is 2.14. The summed E-state index contributed by atoms with van der Waals surface area (Å²) in [6, 6.07) is 1.35. The molecule has 1 aliphatic heterocycles. The van der Waals surface area contributed by atoms with E-state index in [1.165, 1.54) is 51.5 Å². The van der Waals surface area contributed by atoms with Crippen LogP contribution in [-0.2, 0) is 0 Å². The molecule has 0 radical (unpaired) electrons. The molecule has 1 saturated heterocycles. The van der Waals surface area contributed by atoms with Gasteiger partial charge in [0.05, 0.1) is 0 Å². The van der Waals surface area contributed by atoms with Gasteiger partial charge in [-0.3, -0.25) is 0 Å². The fourth-order valence-electron chi connectivity index (χ4n) is 2.75. The Labute approximate surface area is 113 Å². The van der Waals surface area contributed by atoms with Crippen LogP contribution in [0.1, 0.15) is 64.7 Å². The zero-order valence-corrected chi connectivity index (χ0v) is 12.1. The molecule has 1 heterocycles. The highest BCUT2D eigenvalue weighted by Crippen LogP contribution is 2.12. The van der Waals surface area contributed by atoms with E-state index in [1.807, 2.05) is 0 Å². The molecule has 0 aromatic carbocycles. The molecule has 1 rings (SSSR count). The minimum Gasteiger partial charge on any atom is -0.396 e. The number of hydrogen-bond donors (Lipinski definition) is 3. The lowest BCUT2D eigenvalue weighted by atomic mass is 10.0. The Morgan fingerprint density at radius 3 is 2.83 bits per heavy atom. The van der Waals surface area contributed by atoms with Crippen LogP contribution < -0.4 is 10.6 Å². The number of rotatable bonds is 9. The van der Waals surface area contributed by atoms with Gasteiger partial charge in [0.15, 0.2) is 0 Å². The summed E-state index contributed by atoms with van der Waals surface area (Å²) in [7, 11) is 0. The van der Waals surface area contributed by atoms with Gasteiger partial charge >= 0.3 is 0 Å². The molecule has 108 valence electrons. The Balaban J connectivity index is 1.97. The van der Waals surface area contributed by atoms with E-state index < -0.39 is 0 Å². The summed E-state index contributed by atoms with van der Waals surface area (Å²) in [4.78, 5) is 0. The first-order chi connectivity index (χ1) is 8.83. The van der Waals surface area contributed by atoms with Crippen molar-refractivity contribution in [2.45, 2.75) is 76.8 Å². The number of nitrogens with one attached hydrogen (secondary N) is 2. The SMILES string of the molecule is CC(CC1CCCCCN1)NCCCCCCO. The quantitative estimate of drug-likeness (QED) is 0.555. The highest BCUT2D eigenvalue weighted by molar-refractivity contribution is 4.75. The molecule has 0 saturated carbocycles. The van der Waals surface area contributed by atoms with Crippen LogP contribution in [0.25, 0.3) is 0 Å². The second kappa shape index (κ2) is 10.8. The van der Waals surface area contributed by atoms with Crippen LogP contribution in [0.5, 0.6) is 0 Å². The molecule has 3 N–H and O–H groups in total. The lowest BCUT2D eigenvalue weighted by Crippen LogP contribution is -2.37. The van der Waals surface area contributed by atoms with E-state index in [2.05, 4.69) is 17.6 Å². The average molecular weight is 256 g/mol. The van der Waals surface area contributed by atoms with Gasteiger partial charge < -0.3 is 15.7 Å². The van der Waals surface area contributed by atoms with Gasteiger partial charge in [0.25, 0.3) is 0 Å². The topological polar surface area (TPSA) is 44.3 Å². The van der Waals surface area contributed by atoms with Crippen molar-refractivity contribution in [3.63, 3.8) is 0 Å². The van der Waals surface area contributed by atoms with Crippen molar-refractivity contribution in [2.75, 3.05) is 19.7 Å². The van der Waals surface area contributed by atoms with Gasteiger partial charge in [-0.25, -0.2) is 0 Å². The minimum atomic E-state index is 0.344. The van der Waals surface area contributed by atoms with E-state index in [4.69, 9.17) is 5.11 Å². The fourth-order valence-corrected chi connectivity index (χ4v) is 2.75. The monoisotopic (exact) mass is 256 g/mol. The largest absolute Gasteiger partial charge is 0.396 e. The normalized spacial score (nSPS) is 22.7. The van der Waals surface area contributed by atoms with Crippen LogP contribution in [-0.4, -0.2) is 36.9 Å². The Bertz CT molecular complexity index is 179. The first kappa shape index (κ1) is 15.9. The Kier molecular flexibility index (Phi) is 9.54. The zero-order valence-electron chi connectivity index (χ0n) is 12.1. The average Bonchev–Trinajstić information content (AvgIpc) is 2.62. The number of hydrogen-bond acceptors (Lipinski definition) is 3. The van der Waals surface area contributed by atoms with E-state index >= 15 is 0 Å². The smallest absolute Gasteiger partial charge is 0.0431 e. The Hall–Kier alpha value is -0.120. The second-order valence-corrected chi connectivity index (χ2v) is 5.73. The number of unbranched alkanes of at least 4 members (excludes halogenated alkanes) is 3. The van der Waals surface area contributed by atoms with E-state index in [0.717, 1.165) is 25.4 Å². The molecule has 0 aliphatic carbocycles. The minimum absolute atomic E-state index is 0.344. The number of aliphatic hydroxyl groups excluding tert-OH is 1. The van der Waals surface area contributed by atoms with Crippen LogP contribution in [0.3, 0.4) is 0 Å². The molecule has 1 fully saturated rings. The van der Waals surface area contributed by atoms with E-state index in [1.54, 1.807) is 0 Å². The van der Waals surface area contributed by atoms with Crippen molar-refractivity contribution in [3.8, 4) is 0 Å². The van der Waals surface area contributed by atoms with Gasteiger partial charge in [0, 0.05) is 18.7 Å². The van der Waals surface area contributed by atoms with Crippen LogP contribution in [0, 0.1) is 0 Å². The molecule has 1 aliphatic rings. The summed E-state index contributed by atoms with van der Waals surface area (Å²) in [5.74, 6) is 0. The highest BCUT2D eigenvalue weighted by atomic mass is 16.2. The molecule has 3 heteroatoms. The summed E-state index contributed by atoms with van der Waals surface area (Å²) in [6.45, 7) is 4.98. The predicted octanol–water partition coefficient (Wildman–Crippen LogP) is 2.44. The van der Waals surface area contributed by atoms with E-state index in [0.29, 0.717) is 12.6 Å². The van der Waals surface area contributed by atoms with Crippen LogP contribution in [0.15, 0.2) is 0 Å². The van der Waals surface area contributed by atoms with Crippen LogP contribution in [0.2, 0.25) is 0 Å². The maximum Gasteiger partial charge on any atom is 0.0431 e. The lowest BCUT2D eigenvalue weighted by molar-refractivity contribution is 0.282. The Morgan fingerprint density at radius 1 is 1.17 bits per heavy atom. The molecule has 0 aromatic rings. The van der Waals surface area contributed by atoms with Gasteiger partial charge in [-0.1, -0.05) is 25.7 Å². The van der Waals surface area contributed by atoms with Crippen molar-refractivity contribution >= 4 is 0 Å². The first-order valence-corrected chi connectivity index (χ1v) is 7.90. The van der Waals surface area contributed by atoms with Crippen molar-refractivity contribution in [1.82, 2.24) is 10.6 Å². The lowest BCUT2D eigenvalue weighted by Gasteiger charge is -2.21. The molecule has 2 unspecified atom stereocenters. The fraction of sp³-hybridized carbons (Fsp3) is 1.00. The molecular weight excluding hydrogens is 224 g/mol. The van der Waals surface area contributed by atoms with Crippen molar-refractivity contribution in [1.29, 1.82) is 0 Å². The molecule has 3 nitrogen and oxygen atoms in total. The maximum atomic E-state index is 8.69. The third kappa shape index (κ3) is 8.06. The van der Waals surface area contributed by atoms with Gasteiger partial charge in [-0.2, -0.15) is 0 Å². The molecule has 2 atom stereocenters. The first-order valence-electron chi connectivity index (χ1n) is 7.90. The molecule has 0 spiro atoms. The summed E-state index contributed by atoms with van der Waals surface area (Å²) >= 11 is 0. The third-order valence-corrected chi connectivity index (χ3v) is 3.88. The zero-order chi connectivity index (χ0) is 13.1. The predicted molar refractivity (Wildman–Crippen MR) is 77.9 cm³/mol. The second-order valence-electron chi connectivity index (χ2n) is 5.73. The van der Waals surface area contributed by atoms with E-state index in [9.17, 15) is 0 Å². The van der Waals surface area contributed by atoms with E-state index in [-0.39, 0.29) is 0 Å². The van der Waals surface area contributed by atoms with Crippen LogP contribution >= 0.6 is 0 Å². The summed E-state index contributed by atoms with van der Waals surface area (Å²) in [5.41, 5.74) is 0. The number of aliphatic hydroxyl groups is 1. The molecular formula is C15H32N2O. The molecule has 0 aromatic heterocycles. The van der Waals surface area contributed by atoms with Crippen molar-refractivity contribution in [3.05, 3.63) is 0 Å². The molecule has 0 amide bonds. The maximum absolute atomic E-state index is 8.69. The van der Waals surface area contributed by atoms with Gasteiger partial charge in [-0.05, 0) is 52.1 Å². The third-order valence-electron chi connectivity index (χ3n) is 3.88. The van der Waals surface area contributed by atoms with Crippen molar-refractivity contribution < 1.29 is 5.11 Å². The summed E-state index contributed by atoms with van der Waals surface area (Å²) in [6.07, 6.45) is 11.4. The molecule has 18 heavy (non-hydrogen) atoms. The summed E-state index contributed by atoms with van der Waals surface area (Å²) < 4.78 is 0. The standard InChI is InChI=1S/C15H32N2O/c1-14(16-10-6-2-3-8-12-18)13-15-9-5-4-7-11-17-15/h14-18H,2-13H2,1H3. The molecule has 0 bridgehead atoms. The van der Waals surface area contributed by atoms with Crippen LogP contribution in [0.4, 0.5) is 0 Å². The van der Waals surface area contributed by atoms with Gasteiger partial charge in [0.1, 0.15) is 0 Å². The summed E-state index contributed by atoms with van der Waals surface area (Å²) in [5, 5.41) is 16.0.